The van der Waals surface area contributed by atoms with Crippen LogP contribution in [0.25, 0.3) is 0 Å². The van der Waals surface area contributed by atoms with Crippen molar-refractivity contribution in [3.8, 4) is 5.75 Å². The minimum Gasteiger partial charge on any atom is -0.490 e. The van der Waals surface area contributed by atoms with Gasteiger partial charge in [0.1, 0.15) is 12.4 Å². The molecule has 2 N–H and O–H groups in total. The molecule has 12 heavy (non-hydrogen) atoms. The Labute approximate surface area is 72.7 Å². The molecule has 0 fully saturated rings. The van der Waals surface area contributed by atoms with Crippen molar-refractivity contribution in [2.75, 3.05) is 6.61 Å². The van der Waals surface area contributed by atoms with Crippen LogP contribution in [0.1, 0.15) is 5.56 Å². The Kier molecular flexibility index (Phi) is 3.35. The molecule has 0 heterocycles. The third-order valence-corrected chi connectivity index (χ3v) is 1.50. The maximum absolute atomic E-state index is 5.47. The first kappa shape index (κ1) is 8.81. The topological polar surface area (TPSA) is 35.2 Å². The number of hydrogen-bond donors (Lipinski definition) is 1. The van der Waals surface area contributed by atoms with Crippen molar-refractivity contribution in [3.05, 3.63) is 42.5 Å². The highest BCUT2D eigenvalue weighted by Gasteiger charge is 1.92. The van der Waals surface area contributed by atoms with E-state index < -0.39 is 0 Å². The van der Waals surface area contributed by atoms with Crippen molar-refractivity contribution >= 4 is 0 Å². The molecule has 2 heteroatoms. The van der Waals surface area contributed by atoms with E-state index in [1.165, 1.54) is 0 Å². The van der Waals surface area contributed by atoms with Gasteiger partial charge in [0, 0.05) is 6.54 Å². The average molecular weight is 163 g/mol. The normalized spacial score (nSPS) is 9.42. The molecule has 0 aliphatic carbocycles. The van der Waals surface area contributed by atoms with Crippen LogP contribution in [0.5, 0.6) is 5.75 Å². The second kappa shape index (κ2) is 4.57. The van der Waals surface area contributed by atoms with Crippen molar-refractivity contribution in [2.45, 2.75) is 6.54 Å². The predicted molar refractivity (Wildman–Crippen MR) is 50.0 cm³/mol. The summed E-state index contributed by atoms with van der Waals surface area (Å²) in [5, 5.41) is 0. The molecule has 0 saturated heterocycles. The van der Waals surface area contributed by atoms with Crippen LogP contribution in [-0.4, -0.2) is 6.61 Å². The quantitative estimate of drug-likeness (QED) is 0.686. The Hall–Kier alpha value is -1.28. The fourth-order valence-electron chi connectivity index (χ4n) is 0.917. The van der Waals surface area contributed by atoms with Gasteiger partial charge in [-0.15, -0.1) is 0 Å². The molecule has 0 aromatic heterocycles. The van der Waals surface area contributed by atoms with Crippen LogP contribution in [0.3, 0.4) is 0 Å². The highest BCUT2D eigenvalue weighted by atomic mass is 16.5. The van der Waals surface area contributed by atoms with Crippen LogP contribution in [0.2, 0.25) is 0 Å². The number of benzene rings is 1. The number of ether oxygens (including phenoxy) is 1. The van der Waals surface area contributed by atoms with Gasteiger partial charge in [-0.05, 0) is 17.7 Å². The SMILES string of the molecule is C=CCOc1cccc(CN)c1. The minimum atomic E-state index is 0.536. The van der Waals surface area contributed by atoms with Gasteiger partial charge in [0.05, 0.1) is 0 Å². The maximum atomic E-state index is 5.47. The zero-order valence-corrected chi connectivity index (χ0v) is 6.99. The fraction of sp³-hybridized carbons (Fsp3) is 0.200. The molecule has 0 amide bonds. The van der Waals surface area contributed by atoms with E-state index in [4.69, 9.17) is 10.5 Å². The molecule has 0 radical (unpaired) electrons. The Balaban J connectivity index is 2.65. The van der Waals surface area contributed by atoms with E-state index in [-0.39, 0.29) is 0 Å². The van der Waals surface area contributed by atoms with E-state index in [1.807, 2.05) is 24.3 Å². The van der Waals surface area contributed by atoms with Crippen LogP contribution in [0.4, 0.5) is 0 Å². The zero-order chi connectivity index (χ0) is 8.81. The van der Waals surface area contributed by atoms with Gasteiger partial charge in [0.2, 0.25) is 0 Å². The second-order valence-corrected chi connectivity index (χ2v) is 2.45. The maximum Gasteiger partial charge on any atom is 0.120 e. The first-order valence-electron chi connectivity index (χ1n) is 3.89. The molecule has 0 unspecified atom stereocenters. The molecule has 0 saturated carbocycles. The summed E-state index contributed by atoms with van der Waals surface area (Å²) in [6.45, 7) is 4.65. The number of hydrogen-bond acceptors (Lipinski definition) is 2. The van der Waals surface area contributed by atoms with Gasteiger partial charge >= 0.3 is 0 Å². The predicted octanol–water partition coefficient (Wildman–Crippen LogP) is 1.71. The van der Waals surface area contributed by atoms with Gasteiger partial charge in [-0.25, -0.2) is 0 Å². The summed E-state index contributed by atoms with van der Waals surface area (Å²) in [7, 11) is 0. The van der Waals surface area contributed by atoms with E-state index in [2.05, 4.69) is 6.58 Å². The van der Waals surface area contributed by atoms with Crippen molar-refractivity contribution in [1.29, 1.82) is 0 Å². The molecule has 0 spiro atoms. The molecule has 64 valence electrons. The molecule has 0 aliphatic rings. The summed E-state index contributed by atoms with van der Waals surface area (Å²) in [5.74, 6) is 0.845. The van der Waals surface area contributed by atoms with Crippen LogP contribution >= 0.6 is 0 Å². The second-order valence-electron chi connectivity index (χ2n) is 2.45. The summed E-state index contributed by atoms with van der Waals surface area (Å²) in [5.41, 5.74) is 6.55. The Bertz CT molecular complexity index is 258. The molecule has 0 atom stereocenters. The first-order valence-corrected chi connectivity index (χ1v) is 3.89. The Morgan fingerprint density at radius 2 is 2.33 bits per heavy atom. The number of nitrogens with two attached hydrogens (primary N) is 1. The van der Waals surface area contributed by atoms with E-state index >= 15 is 0 Å². The average Bonchev–Trinajstić information content (AvgIpc) is 2.15. The third kappa shape index (κ3) is 2.40. The molecule has 1 rings (SSSR count). The smallest absolute Gasteiger partial charge is 0.120 e. The molecule has 2 nitrogen and oxygen atoms in total. The van der Waals surface area contributed by atoms with Gasteiger partial charge in [0.15, 0.2) is 0 Å². The monoisotopic (exact) mass is 163 g/mol. The number of rotatable bonds is 4. The van der Waals surface area contributed by atoms with Crippen molar-refractivity contribution in [2.24, 2.45) is 5.73 Å². The molecule has 1 aromatic rings. The van der Waals surface area contributed by atoms with Gasteiger partial charge in [-0.1, -0.05) is 24.8 Å². The largest absolute Gasteiger partial charge is 0.490 e. The Morgan fingerprint density at radius 1 is 1.50 bits per heavy atom. The van der Waals surface area contributed by atoms with Crippen molar-refractivity contribution < 1.29 is 4.74 Å². The van der Waals surface area contributed by atoms with Crippen molar-refractivity contribution in [3.63, 3.8) is 0 Å². The van der Waals surface area contributed by atoms with E-state index in [0.29, 0.717) is 13.2 Å². The van der Waals surface area contributed by atoms with E-state index in [9.17, 15) is 0 Å². The van der Waals surface area contributed by atoms with Gasteiger partial charge < -0.3 is 10.5 Å². The lowest BCUT2D eigenvalue weighted by atomic mass is 10.2. The summed E-state index contributed by atoms with van der Waals surface area (Å²) in [6.07, 6.45) is 1.72. The van der Waals surface area contributed by atoms with Crippen molar-refractivity contribution in [1.82, 2.24) is 0 Å². The van der Waals surface area contributed by atoms with E-state index in [0.717, 1.165) is 11.3 Å². The van der Waals surface area contributed by atoms with Crippen LogP contribution in [0, 0.1) is 0 Å². The van der Waals surface area contributed by atoms with Crippen LogP contribution in [0.15, 0.2) is 36.9 Å². The lowest BCUT2D eigenvalue weighted by molar-refractivity contribution is 0.363. The third-order valence-electron chi connectivity index (χ3n) is 1.50. The summed E-state index contributed by atoms with van der Waals surface area (Å²) < 4.78 is 5.32. The highest BCUT2D eigenvalue weighted by molar-refractivity contribution is 5.28. The lowest BCUT2D eigenvalue weighted by Gasteiger charge is -2.03. The molecular formula is C10H13NO. The summed E-state index contributed by atoms with van der Waals surface area (Å²) in [4.78, 5) is 0. The molecule has 0 aliphatic heterocycles. The van der Waals surface area contributed by atoms with Crippen LogP contribution < -0.4 is 10.5 Å². The summed E-state index contributed by atoms with van der Waals surface area (Å²) in [6, 6.07) is 7.74. The lowest BCUT2D eigenvalue weighted by Crippen LogP contribution is -1.97. The fourth-order valence-corrected chi connectivity index (χ4v) is 0.917. The molecule has 0 bridgehead atoms. The van der Waals surface area contributed by atoms with Gasteiger partial charge in [0.25, 0.3) is 0 Å². The standard InChI is InChI=1S/C10H13NO/c1-2-6-12-10-5-3-4-9(7-10)8-11/h2-5,7H,1,6,8,11H2. The van der Waals surface area contributed by atoms with E-state index in [1.54, 1.807) is 6.08 Å². The highest BCUT2D eigenvalue weighted by Crippen LogP contribution is 2.12. The zero-order valence-electron chi connectivity index (χ0n) is 6.99. The molecular weight excluding hydrogens is 150 g/mol. The van der Waals surface area contributed by atoms with Crippen LogP contribution in [-0.2, 0) is 6.54 Å². The van der Waals surface area contributed by atoms with Gasteiger partial charge in [-0.3, -0.25) is 0 Å². The summed E-state index contributed by atoms with van der Waals surface area (Å²) >= 11 is 0. The molecule has 1 aromatic carbocycles. The Morgan fingerprint density at radius 3 is 3.00 bits per heavy atom. The van der Waals surface area contributed by atoms with Gasteiger partial charge in [-0.2, -0.15) is 0 Å². The minimum absolute atomic E-state index is 0.536. The first-order chi connectivity index (χ1) is 5.86.